The van der Waals surface area contributed by atoms with Crippen molar-refractivity contribution in [3.8, 4) is 5.88 Å². The van der Waals surface area contributed by atoms with E-state index >= 15 is 0 Å². The number of alkyl halides is 2. The zero-order valence-electron chi connectivity index (χ0n) is 10.1. The second-order valence-electron chi connectivity index (χ2n) is 3.55. The maximum absolute atomic E-state index is 12.1. The number of halogens is 2. The molecule has 1 aromatic heterocycles. The minimum Gasteiger partial charge on any atom is -0.471 e. The van der Waals surface area contributed by atoms with Gasteiger partial charge in [0, 0.05) is 11.8 Å². The number of esters is 1. The third-order valence-corrected chi connectivity index (χ3v) is 2.08. The first kappa shape index (κ1) is 14.1. The summed E-state index contributed by atoms with van der Waals surface area (Å²) < 4.78 is 33.5. The van der Waals surface area contributed by atoms with Gasteiger partial charge in [-0.15, -0.1) is 0 Å². The quantitative estimate of drug-likeness (QED) is 0.760. The molecule has 4 nitrogen and oxygen atoms in total. The molecule has 0 radical (unpaired) electrons. The summed E-state index contributed by atoms with van der Waals surface area (Å²) in [6.07, 6.45) is -1.39. The number of rotatable bonds is 5. The molecule has 0 spiro atoms. The average Bonchev–Trinajstić information content (AvgIpc) is 2.34. The van der Waals surface area contributed by atoms with Crippen molar-refractivity contribution in [2.75, 3.05) is 13.7 Å². The van der Waals surface area contributed by atoms with Gasteiger partial charge in [0.2, 0.25) is 5.88 Å². The van der Waals surface area contributed by atoms with Crippen LogP contribution in [0, 0.1) is 0 Å². The van der Waals surface area contributed by atoms with Crippen molar-refractivity contribution in [1.82, 2.24) is 4.98 Å². The van der Waals surface area contributed by atoms with Crippen LogP contribution in [0.4, 0.5) is 8.78 Å². The summed E-state index contributed by atoms with van der Waals surface area (Å²) in [4.78, 5) is 15.1. The van der Waals surface area contributed by atoms with E-state index in [4.69, 9.17) is 4.74 Å². The maximum atomic E-state index is 12.1. The van der Waals surface area contributed by atoms with Crippen molar-refractivity contribution in [3.63, 3.8) is 0 Å². The number of nitrogens with zero attached hydrogens (tertiary/aromatic N) is 1. The second-order valence-corrected chi connectivity index (χ2v) is 3.55. The van der Waals surface area contributed by atoms with Crippen molar-refractivity contribution in [3.05, 3.63) is 30.0 Å². The number of ether oxygens (including phenoxy) is 2. The number of hydrogen-bond acceptors (Lipinski definition) is 4. The SMILES string of the molecule is C=C(C)c1cc(C(=O)OC)cnc1OCC(F)F. The van der Waals surface area contributed by atoms with Gasteiger partial charge >= 0.3 is 5.97 Å². The minimum absolute atomic E-state index is 0.0236. The molecule has 0 unspecified atom stereocenters. The Bertz CT molecular complexity index is 461. The molecule has 18 heavy (non-hydrogen) atoms. The zero-order valence-corrected chi connectivity index (χ0v) is 10.1. The van der Waals surface area contributed by atoms with E-state index in [0.29, 0.717) is 11.1 Å². The van der Waals surface area contributed by atoms with E-state index in [1.807, 2.05) is 0 Å². The van der Waals surface area contributed by atoms with Crippen LogP contribution in [-0.2, 0) is 4.74 Å². The number of aromatic nitrogens is 1. The Kier molecular flexibility index (Phi) is 4.76. The lowest BCUT2D eigenvalue weighted by Gasteiger charge is -2.11. The number of pyridine rings is 1. The number of hydrogen-bond donors (Lipinski definition) is 0. The largest absolute Gasteiger partial charge is 0.471 e. The maximum Gasteiger partial charge on any atom is 0.339 e. The molecule has 0 saturated carbocycles. The van der Waals surface area contributed by atoms with Gasteiger partial charge in [-0.2, -0.15) is 0 Å². The summed E-state index contributed by atoms with van der Waals surface area (Å²) in [5.41, 5.74) is 1.16. The monoisotopic (exact) mass is 257 g/mol. The van der Waals surface area contributed by atoms with Gasteiger partial charge in [-0.25, -0.2) is 18.6 Å². The van der Waals surface area contributed by atoms with Gasteiger partial charge in [0.25, 0.3) is 6.43 Å². The molecule has 6 heteroatoms. The van der Waals surface area contributed by atoms with Crippen LogP contribution in [0.2, 0.25) is 0 Å². The Morgan fingerprint density at radius 2 is 2.22 bits per heavy atom. The lowest BCUT2D eigenvalue weighted by Crippen LogP contribution is -2.10. The fraction of sp³-hybridized carbons (Fsp3) is 0.333. The molecule has 0 fully saturated rings. The number of carbonyl (C=O) groups is 1. The first-order valence-electron chi connectivity index (χ1n) is 5.11. The molecule has 0 atom stereocenters. The molecule has 0 aromatic carbocycles. The third kappa shape index (κ3) is 3.51. The highest BCUT2D eigenvalue weighted by atomic mass is 19.3. The van der Waals surface area contributed by atoms with E-state index in [0.717, 1.165) is 0 Å². The smallest absolute Gasteiger partial charge is 0.339 e. The highest BCUT2D eigenvalue weighted by Gasteiger charge is 2.14. The Morgan fingerprint density at radius 3 is 2.72 bits per heavy atom. The Balaban J connectivity index is 3.04. The van der Waals surface area contributed by atoms with E-state index in [2.05, 4.69) is 16.3 Å². The molecule has 0 amide bonds. The Hall–Kier alpha value is -1.98. The van der Waals surface area contributed by atoms with Crippen LogP contribution in [0.25, 0.3) is 5.57 Å². The molecule has 0 aliphatic rings. The van der Waals surface area contributed by atoms with E-state index < -0.39 is 19.0 Å². The van der Waals surface area contributed by atoms with E-state index in [1.165, 1.54) is 19.4 Å². The third-order valence-electron chi connectivity index (χ3n) is 2.08. The van der Waals surface area contributed by atoms with Crippen LogP contribution in [0.5, 0.6) is 5.88 Å². The first-order valence-corrected chi connectivity index (χ1v) is 5.11. The molecule has 1 aromatic rings. The predicted molar refractivity (Wildman–Crippen MR) is 61.8 cm³/mol. The summed E-state index contributed by atoms with van der Waals surface area (Å²) in [5.74, 6) is -0.541. The fourth-order valence-corrected chi connectivity index (χ4v) is 1.24. The van der Waals surface area contributed by atoms with Gasteiger partial charge in [0.15, 0.2) is 6.61 Å². The lowest BCUT2D eigenvalue weighted by molar-refractivity contribution is 0.0598. The topological polar surface area (TPSA) is 48.4 Å². The summed E-state index contributed by atoms with van der Waals surface area (Å²) in [7, 11) is 1.24. The van der Waals surface area contributed by atoms with Crippen molar-refractivity contribution >= 4 is 11.5 Å². The molecule has 0 bridgehead atoms. The predicted octanol–water partition coefficient (Wildman–Crippen LogP) is 2.55. The van der Waals surface area contributed by atoms with Gasteiger partial charge in [0.1, 0.15) is 0 Å². The summed E-state index contributed by atoms with van der Waals surface area (Å²) >= 11 is 0. The minimum atomic E-state index is -2.59. The van der Waals surface area contributed by atoms with Crippen LogP contribution in [-0.4, -0.2) is 31.1 Å². The molecule has 0 aliphatic heterocycles. The highest BCUT2D eigenvalue weighted by molar-refractivity contribution is 5.90. The number of methoxy groups -OCH3 is 1. The summed E-state index contributed by atoms with van der Waals surface area (Å²) in [6, 6.07) is 1.45. The lowest BCUT2D eigenvalue weighted by atomic mass is 10.1. The Labute approximate surface area is 103 Å². The molecule has 1 heterocycles. The van der Waals surface area contributed by atoms with Crippen molar-refractivity contribution in [1.29, 1.82) is 0 Å². The highest BCUT2D eigenvalue weighted by Crippen LogP contribution is 2.24. The van der Waals surface area contributed by atoms with Crippen molar-refractivity contribution < 1.29 is 23.0 Å². The first-order chi connectivity index (χ1) is 8.45. The van der Waals surface area contributed by atoms with E-state index in [-0.39, 0.29) is 11.4 Å². The van der Waals surface area contributed by atoms with Crippen LogP contribution >= 0.6 is 0 Å². The molecular formula is C12H13F2NO3. The fourth-order valence-electron chi connectivity index (χ4n) is 1.24. The zero-order chi connectivity index (χ0) is 13.7. The van der Waals surface area contributed by atoms with Gasteiger partial charge < -0.3 is 9.47 Å². The van der Waals surface area contributed by atoms with Crippen molar-refractivity contribution in [2.45, 2.75) is 13.3 Å². The van der Waals surface area contributed by atoms with Crippen LogP contribution < -0.4 is 4.74 Å². The van der Waals surface area contributed by atoms with Gasteiger partial charge in [-0.3, -0.25) is 0 Å². The normalized spacial score (nSPS) is 10.3. The van der Waals surface area contributed by atoms with Gasteiger partial charge in [-0.05, 0) is 18.6 Å². The molecule has 0 aliphatic carbocycles. The molecule has 98 valence electrons. The molecular weight excluding hydrogens is 244 g/mol. The van der Waals surface area contributed by atoms with Crippen LogP contribution in [0.15, 0.2) is 18.8 Å². The number of allylic oxidation sites excluding steroid dienone is 1. The summed E-state index contributed by atoms with van der Waals surface area (Å²) in [6.45, 7) is 4.58. The second kappa shape index (κ2) is 6.09. The van der Waals surface area contributed by atoms with E-state index in [1.54, 1.807) is 6.92 Å². The standard InChI is InChI=1S/C12H13F2NO3/c1-7(2)9-4-8(12(16)17-3)5-15-11(9)18-6-10(13)14/h4-5,10H,1,6H2,2-3H3. The van der Waals surface area contributed by atoms with Crippen molar-refractivity contribution in [2.24, 2.45) is 0 Å². The van der Waals surface area contributed by atoms with E-state index in [9.17, 15) is 13.6 Å². The van der Waals surface area contributed by atoms with Gasteiger partial charge in [-0.1, -0.05) is 6.58 Å². The Morgan fingerprint density at radius 1 is 1.56 bits per heavy atom. The van der Waals surface area contributed by atoms with Gasteiger partial charge in [0.05, 0.1) is 12.7 Å². The average molecular weight is 257 g/mol. The van der Waals surface area contributed by atoms with Crippen LogP contribution in [0.3, 0.4) is 0 Å². The summed E-state index contributed by atoms with van der Waals surface area (Å²) in [5, 5.41) is 0. The number of carbonyl (C=O) groups excluding carboxylic acids is 1. The molecule has 0 N–H and O–H groups in total. The molecule has 1 rings (SSSR count). The molecule has 0 saturated heterocycles. The van der Waals surface area contributed by atoms with Crippen LogP contribution in [0.1, 0.15) is 22.8 Å².